The van der Waals surface area contributed by atoms with Crippen molar-refractivity contribution in [2.75, 3.05) is 18.1 Å². The van der Waals surface area contributed by atoms with E-state index in [1.54, 1.807) is 6.07 Å². The number of hydrogen-bond acceptors (Lipinski definition) is 3. The summed E-state index contributed by atoms with van der Waals surface area (Å²) in [5.41, 5.74) is 2.18. The van der Waals surface area contributed by atoms with Crippen LogP contribution in [0.1, 0.15) is 11.1 Å². The number of carboxylic acids is 1. The van der Waals surface area contributed by atoms with Crippen molar-refractivity contribution in [1.29, 1.82) is 0 Å². The molecule has 28 heavy (non-hydrogen) atoms. The molecule has 0 spiro atoms. The van der Waals surface area contributed by atoms with Gasteiger partial charge in [-0.25, -0.2) is 4.79 Å². The molecule has 1 atom stereocenters. The average Bonchev–Trinajstić information content (AvgIpc) is 2.71. The van der Waals surface area contributed by atoms with Crippen LogP contribution < -0.4 is 4.74 Å². The first kappa shape index (κ1) is 19.8. The predicted octanol–water partition coefficient (Wildman–Crippen LogP) is 4.31. The Kier molecular flexibility index (Phi) is 6.98. The molecule has 1 N–H and O–H groups in total. The molecular weight excluding hydrogens is 372 g/mol. The van der Waals surface area contributed by atoms with Crippen LogP contribution in [0.2, 0.25) is 0 Å². The lowest BCUT2D eigenvalue weighted by Gasteiger charge is -2.09. The molecule has 0 saturated carbocycles. The van der Waals surface area contributed by atoms with E-state index in [-0.39, 0.29) is 6.61 Å². The van der Waals surface area contributed by atoms with E-state index in [2.05, 4.69) is 0 Å². The molecule has 3 rings (SSSR count). The number of fused-ring (bicyclic) bond motifs is 1. The van der Waals surface area contributed by atoms with Crippen molar-refractivity contribution in [3.8, 4) is 5.75 Å². The molecule has 3 aromatic rings. The van der Waals surface area contributed by atoms with E-state index in [1.165, 1.54) is 5.56 Å². The molecular formula is C23H22O4S. The topological polar surface area (TPSA) is 63.6 Å². The van der Waals surface area contributed by atoms with Gasteiger partial charge in [-0.3, -0.25) is 4.21 Å². The minimum atomic E-state index is -1.01. The number of aryl methyl sites for hydroxylation is 1. The molecule has 0 saturated heterocycles. The molecule has 1 unspecified atom stereocenters. The minimum absolute atomic E-state index is 0.375. The van der Waals surface area contributed by atoms with Gasteiger partial charge < -0.3 is 9.84 Å². The largest absolute Gasteiger partial charge is 0.481 e. The summed E-state index contributed by atoms with van der Waals surface area (Å²) >= 11 is 0. The highest BCUT2D eigenvalue weighted by Gasteiger charge is 2.06. The van der Waals surface area contributed by atoms with Gasteiger partial charge in [0.05, 0.1) is 0 Å². The van der Waals surface area contributed by atoms with E-state index < -0.39 is 16.8 Å². The fourth-order valence-corrected chi connectivity index (χ4v) is 3.90. The van der Waals surface area contributed by atoms with E-state index in [9.17, 15) is 9.00 Å². The standard InChI is InChI=1S/C23H22O4S/c24-23(25)17-27-22-13-5-11-20-19(9-4-12-21(20)22)10-6-15-28(26)16-14-18-7-2-1-3-8-18/h1-13H,14-17H2,(H,24,25). The van der Waals surface area contributed by atoms with Crippen LogP contribution in [0.3, 0.4) is 0 Å². The van der Waals surface area contributed by atoms with Gasteiger partial charge in [0.25, 0.3) is 0 Å². The third-order valence-corrected chi connectivity index (χ3v) is 5.53. The molecule has 0 amide bonds. The summed E-state index contributed by atoms with van der Waals surface area (Å²) in [6.07, 6.45) is 4.70. The average molecular weight is 394 g/mol. The fraction of sp³-hybridized carbons (Fsp3) is 0.174. The summed E-state index contributed by atoms with van der Waals surface area (Å²) in [5.74, 6) is 0.669. The van der Waals surface area contributed by atoms with Gasteiger partial charge in [0, 0.05) is 27.7 Å². The maximum Gasteiger partial charge on any atom is 0.341 e. The molecule has 0 radical (unpaired) electrons. The summed E-state index contributed by atoms with van der Waals surface area (Å²) in [4.78, 5) is 10.8. The third-order valence-electron chi connectivity index (χ3n) is 4.31. The van der Waals surface area contributed by atoms with Crippen molar-refractivity contribution < 1.29 is 18.8 Å². The van der Waals surface area contributed by atoms with Crippen LogP contribution in [0.25, 0.3) is 16.8 Å². The zero-order valence-corrected chi connectivity index (χ0v) is 16.2. The Morgan fingerprint density at radius 2 is 1.71 bits per heavy atom. The Morgan fingerprint density at radius 3 is 2.50 bits per heavy atom. The lowest BCUT2D eigenvalue weighted by atomic mass is 10.0. The molecule has 0 heterocycles. The molecule has 0 bridgehead atoms. The van der Waals surface area contributed by atoms with Gasteiger partial charge in [0.1, 0.15) is 5.75 Å². The van der Waals surface area contributed by atoms with Gasteiger partial charge in [-0.2, -0.15) is 0 Å². The smallest absolute Gasteiger partial charge is 0.341 e. The molecule has 0 aliphatic rings. The quantitative estimate of drug-likeness (QED) is 0.587. The normalized spacial score (nSPS) is 12.3. The monoisotopic (exact) mass is 394 g/mol. The van der Waals surface area contributed by atoms with Crippen LogP contribution in [0.4, 0.5) is 0 Å². The van der Waals surface area contributed by atoms with E-state index in [0.29, 0.717) is 17.3 Å². The molecule has 4 nitrogen and oxygen atoms in total. The first-order valence-electron chi connectivity index (χ1n) is 9.05. The predicted molar refractivity (Wildman–Crippen MR) is 114 cm³/mol. The van der Waals surface area contributed by atoms with Crippen molar-refractivity contribution in [3.05, 3.63) is 83.9 Å². The summed E-state index contributed by atoms with van der Waals surface area (Å²) in [7, 11) is -0.917. The third kappa shape index (κ3) is 5.54. The Morgan fingerprint density at radius 1 is 0.964 bits per heavy atom. The van der Waals surface area contributed by atoms with E-state index in [4.69, 9.17) is 9.84 Å². The van der Waals surface area contributed by atoms with Crippen molar-refractivity contribution >= 4 is 33.6 Å². The van der Waals surface area contributed by atoms with E-state index in [1.807, 2.05) is 72.8 Å². The second kappa shape index (κ2) is 9.85. The molecule has 0 aliphatic heterocycles. The lowest BCUT2D eigenvalue weighted by molar-refractivity contribution is -0.139. The van der Waals surface area contributed by atoms with Crippen LogP contribution >= 0.6 is 0 Å². The second-order valence-electron chi connectivity index (χ2n) is 6.33. The Bertz CT molecular complexity index is 996. The molecule has 144 valence electrons. The van der Waals surface area contributed by atoms with Gasteiger partial charge in [-0.15, -0.1) is 0 Å². The van der Waals surface area contributed by atoms with Gasteiger partial charge in [0.2, 0.25) is 0 Å². The molecule has 0 aliphatic carbocycles. The highest BCUT2D eigenvalue weighted by atomic mass is 32.2. The SMILES string of the molecule is O=C(O)COc1cccc2c(C=CCS(=O)CCc3ccccc3)cccc12. The number of ether oxygens (including phenoxy) is 1. The molecule has 5 heteroatoms. The van der Waals surface area contributed by atoms with Gasteiger partial charge in [0.15, 0.2) is 6.61 Å². The number of aliphatic carboxylic acids is 1. The first-order valence-corrected chi connectivity index (χ1v) is 10.5. The van der Waals surface area contributed by atoms with Crippen molar-refractivity contribution in [2.45, 2.75) is 6.42 Å². The van der Waals surface area contributed by atoms with Crippen LogP contribution in [-0.2, 0) is 22.0 Å². The van der Waals surface area contributed by atoms with Gasteiger partial charge >= 0.3 is 5.97 Å². The van der Waals surface area contributed by atoms with E-state index in [0.717, 1.165) is 22.8 Å². The summed E-state index contributed by atoms with van der Waals surface area (Å²) < 4.78 is 17.6. The number of carbonyl (C=O) groups is 1. The maximum absolute atomic E-state index is 12.3. The number of rotatable bonds is 9. The molecule has 0 fully saturated rings. The minimum Gasteiger partial charge on any atom is -0.481 e. The van der Waals surface area contributed by atoms with E-state index >= 15 is 0 Å². The van der Waals surface area contributed by atoms with Gasteiger partial charge in [-0.1, -0.05) is 72.8 Å². The van der Waals surface area contributed by atoms with Gasteiger partial charge in [-0.05, 0) is 29.0 Å². The zero-order valence-electron chi connectivity index (χ0n) is 15.4. The number of hydrogen-bond donors (Lipinski definition) is 1. The summed E-state index contributed by atoms with van der Waals surface area (Å²) in [6, 6.07) is 21.4. The Hall–Kier alpha value is -2.92. The summed E-state index contributed by atoms with van der Waals surface area (Å²) in [6.45, 7) is -0.375. The van der Waals surface area contributed by atoms with Crippen molar-refractivity contribution in [2.24, 2.45) is 0 Å². The first-order chi connectivity index (χ1) is 13.6. The Labute approximate surface area is 166 Å². The maximum atomic E-state index is 12.3. The Balaban J connectivity index is 1.65. The highest BCUT2D eigenvalue weighted by Crippen LogP contribution is 2.28. The highest BCUT2D eigenvalue weighted by molar-refractivity contribution is 7.85. The fourth-order valence-electron chi connectivity index (χ4n) is 2.96. The van der Waals surface area contributed by atoms with Crippen LogP contribution in [0.15, 0.2) is 72.8 Å². The second-order valence-corrected chi connectivity index (χ2v) is 7.95. The lowest BCUT2D eigenvalue weighted by Crippen LogP contribution is -2.09. The number of benzene rings is 3. The van der Waals surface area contributed by atoms with Crippen LogP contribution in [0.5, 0.6) is 5.75 Å². The zero-order chi connectivity index (χ0) is 19.8. The summed E-state index contributed by atoms with van der Waals surface area (Å²) in [5, 5.41) is 10.6. The molecule has 0 aromatic heterocycles. The molecule has 3 aromatic carbocycles. The van der Waals surface area contributed by atoms with Crippen LogP contribution in [-0.4, -0.2) is 33.4 Å². The van der Waals surface area contributed by atoms with Crippen LogP contribution in [0, 0.1) is 0 Å². The van der Waals surface area contributed by atoms with Crippen molar-refractivity contribution in [3.63, 3.8) is 0 Å². The number of carboxylic acid groups (broad SMARTS) is 1. The van der Waals surface area contributed by atoms with Crippen molar-refractivity contribution in [1.82, 2.24) is 0 Å².